The van der Waals surface area contributed by atoms with Crippen molar-refractivity contribution in [2.24, 2.45) is 11.7 Å². The van der Waals surface area contributed by atoms with Gasteiger partial charge in [0.1, 0.15) is 0 Å². The Hall–Kier alpha value is -0.710. The standard InChI is InChI=1S/C8H14F2N2O/c1-5(2)12-4-6(3-11)8(9,10)7(12)13/h5-6H,3-4,11H2,1-2H3/t6-/m1/s1. The normalized spacial score (nSPS) is 27.4. The maximum Gasteiger partial charge on any atom is 0.330 e. The third-order valence-electron chi connectivity index (χ3n) is 2.38. The van der Waals surface area contributed by atoms with Crippen LogP contribution in [0.25, 0.3) is 0 Å². The van der Waals surface area contributed by atoms with Crippen LogP contribution in [0.2, 0.25) is 0 Å². The molecule has 0 saturated carbocycles. The molecule has 0 aromatic carbocycles. The van der Waals surface area contributed by atoms with Crippen LogP contribution in [-0.2, 0) is 4.79 Å². The molecule has 0 radical (unpaired) electrons. The van der Waals surface area contributed by atoms with Gasteiger partial charge in [0.25, 0.3) is 5.91 Å². The maximum atomic E-state index is 13.1. The Bertz CT molecular complexity index is 218. The van der Waals surface area contributed by atoms with Gasteiger partial charge in [-0.15, -0.1) is 0 Å². The van der Waals surface area contributed by atoms with Crippen LogP contribution in [-0.4, -0.2) is 35.9 Å². The fraction of sp³-hybridized carbons (Fsp3) is 0.875. The van der Waals surface area contributed by atoms with E-state index in [1.807, 2.05) is 0 Å². The Morgan fingerprint density at radius 3 is 2.46 bits per heavy atom. The SMILES string of the molecule is CC(C)N1C[C@@H](CN)C(F)(F)C1=O. The number of nitrogens with zero attached hydrogens (tertiary/aromatic N) is 1. The molecule has 0 aliphatic carbocycles. The minimum atomic E-state index is -3.26. The molecule has 13 heavy (non-hydrogen) atoms. The molecule has 1 saturated heterocycles. The monoisotopic (exact) mass is 192 g/mol. The molecule has 1 fully saturated rings. The molecule has 1 heterocycles. The molecule has 1 atom stereocenters. The highest BCUT2D eigenvalue weighted by atomic mass is 19.3. The minimum absolute atomic E-state index is 0.0694. The summed E-state index contributed by atoms with van der Waals surface area (Å²) in [6, 6.07) is -0.185. The van der Waals surface area contributed by atoms with E-state index in [0.717, 1.165) is 0 Å². The number of halogens is 2. The van der Waals surface area contributed by atoms with Crippen LogP contribution in [0.1, 0.15) is 13.8 Å². The lowest BCUT2D eigenvalue weighted by Crippen LogP contribution is -2.39. The average molecular weight is 192 g/mol. The van der Waals surface area contributed by atoms with E-state index in [2.05, 4.69) is 0 Å². The first-order valence-corrected chi connectivity index (χ1v) is 4.30. The van der Waals surface area contributed by atoms with Crippen LogP contribution in [0.5, 0.6) is 0 Å². The van der Waals surface area contributed by atoms with E-state index in [-0.39, 0.29) is 19.1 Å². The summed E-state index contributed by atoms with van der Waals surface area (Å²) < 4.78 is 26.3. The van der Waals surface area contributed by atoms with Crippen molar-refractivity contribution in [1.82, 2.24) is 4.90 Å². The van der Waals surface area contributed by atoms with Crippen molar-refractivity contribution in [2.45, 2.75) is 25.8 Å². The first kappa shape index (κ1) is 10.4. The molecular weight excluding hydrogens is 178 g/mol. The third-order valence-corrected chi connectivity index (χ3v) is 2.38. The van der Waals surface area contributed by atoms with Gasteiger partial charge in [-0.3, -0.25) is 4.79 Å². The molecule has 0 spiro atoms. The fourth-order valence-electron chi connectivity index (χ4n) is 1.47. The van der Waals surface area contributed by atoms with Crippen molar-refractivity contribution in [3.63, 3.8) is 0 Å². The number of rotatable bonds is 2. The van der Waals surface area contributed by atoms with Gasteiger partial charge in [0.05, 0.1) is 5.92 Å². The van der Waals surface area contributed by atoms with Crippen molar-refractivity contribution in [3.8, 4) is 0 Å². The summed E-state index contributed by atoms with van der Waals surface area (Å²) in [7, 11) is 0. The van der Waals surface area contributed by atoms with Crippen molar-refractivity contribution < 1.29 is 13.6 Å². The van der Waals surface area contributed by atoms with Gasteiger partial charge in [-0.05, 0) is 13.8 Å². The maximum absolute atomic E-state index is 13.1. The molecule has 3 nitrogen and oxygen atoms in total. The Morgan fingerprint density at radius 2 is 2.23 bits per heavy atom. The lowest BCUT2D eigenvalue weighted by molar-refractivity contribution is -0.152. The van der Waals surface area contributed by atoms with Gasteiger partial charge in [-0.25, -0.2) is 0 Å². The Morgan fingerprint density at radius 1 is 1.69 bits per heavy atom. The number of nitrogens with two attached hydrogens (primary N) is 1. The van der Waals surface area contributed by atoms with E-state index in [9.17, 15) is 13.6 Å². The molecule has 0 aromatic rings. The summed E-state index contributed by atoms with van der Waals surface area (Å²) in [6.45, 7) is 3.35. The zero-order chi connectivity index (χ0) is 10.2. The van der Waals surface area contributed by atoms with Crippen LogP contribution in [0.15, 0.2) is 0 Å². The van der Waals surface area contributed by atoms with E-state index >= 15 is 0 Å². The van der Waals surface area contributed by atoms with Crippen LogP contribution in [0, 0.1) is 5.92 Å². The van der Waals surface area contributed by atoms with Crippen molar-refractivity contribution in [3.05, 3.63) is 0 Å². The molecule has 1 aliphatic rings. The van der Waals surface area contributed by atoms with E-state index in [0.29, 0.717) is 0 Å². The lowest BCUT2D eigenvalue weighted by Gasteiger charge is -2.19. The van der Waals surface area contributed by atoms with Crippen LogP contribution in [0.4, 0.5) is 8.78 Å². The lowest BCUT2D eigenvalue weighted by atomic mass is 10.1. The van der Waals surface area contributed by atoms with Gasteiger partial charge >= 0.3 is 5.92 Å². The van der Waals surface area contributed by atoms with Crippen molar-refractivity contribution in [1.29, 1.82) is 0 Å². The van der Waals surface area contributed by atoms with Gasteiger partial charge < -0.3 is 10.6 Å². The van der Waals surface area contributed by atoms with Gasteiger partial charge in [0.2, 0.25) is 0 Å². The number of likely N-dealkylation sites (tertiary alicyclic amines) is 1. The summed E-state index contributed by atoms with van der Waals surface area (Å²) in [6.07, 6.45) is 0. The predicted octanol–water partition coefficient (Wildman–Crippen LogP) is 0.447. The third kappa shape index (κ3) is 1.52. The molecular formula is C8H14F2N2O. The molecule has 76 valence electrons. The van der Waals surface area contributed by atoms with E-state index in [1.165, 1.54) is 4.90 Å². The second-order valence-electron chi connectivity index (χ2n) is 3.61. The highest BCUT2D eigenvalue weighted by Crippen LogP contribution is 2.34. The molecule has 2 N–H and O–H groups in total. The van der Waals surface area contributed by atoms with Gasteiger partial charge in [0, 0.05) is 19.1 Å². The molecule has 0 bridgehead atoms. The fourth-order valence-corrected chi connectivity index (χ4v) is 1.47. The zero-order valence-corrected chi connectivity index (χ0v) is 7.76. The van der Waals surface area contributed by atoms with E-state index in [4.69, 9.17) is 5.73 Å². The summed E-state index contributed by atoms with van der Waals surface area (Å²) in [5.74, 6) is -5.38. The first-order chi connectivity index (χ1) is 5.91. The van der Waals surface area contributed by atoms with Crippen molar-refractivity contribution >= 4 is 5.91 Å². The second kappa shape index (κ2) is 3.21. The highest BCUT2D eigenvalue weighted by molar-refractivity contribution is 5.86. The zero-order valence-electron chi connectivity index (χ0n) is 7.76. The Labute approximate surface area is 75.9 Å². The molecule has 1 amide bonds. The van der Waals surface area contributed by atoms with Crippen molar-refractivity contribution in [2.75, 3.05) is 13.1 Å². The second-order valence-corrected chi connectivity index (χ2v) is 3.61. The van der Waals surface area contributed by atoms with Crippen LogP contribution >= 0.6 is 0 Å². The quantitative estimate of drug-likeness (QED) is 0.690. The number of carbonyl (C=O) groups is 1. The molecule has 1 rings (SSSR count). The Kier molecular flexibility index (Phi) is 2.56. The minimum Gasteiger partial charge on any atom is -0.334 e. The molecule has 0 unspecified atom stereocenters. The largest absolute Gasteiger partial charge is 0.334 e. The number of alkyl halides is 2. The summed E-state index contributed by atoms with van der Waals surface area (Å²) in [5, 5.41) is 0. The summed E-state index contributed by atoms with van der Waals surface area (Å²) in [5.41, 5.74) is 5.18. The average Bonchev–Trinajstić information content (AvgIpc) is 2.25. The summed E-state index contributed by atoms with van der Waals surface area (Å²) >= 11 is 0. The van der Waals surface area contributed by atoms with E-state index < -0.39 is 17.7 Å². The van der Waals surface area contributed by atoms with E-state index in [1.54, 1.807) is 13.8 Å². The Balaban J connectivity index is 2.85. The highest BCUT2D eigenvalue weighted by Gasteiger charge is 2.55. The number of hydrogen-bond acceptors (Lipinski definition) is 2. The smallest absolute Gasteiger partial charge is 0.330 e. The number of hydrogen-bond donors (Lipinski definition) is 1. The van der Waals surface area contributed by atoms with Crippen LogP contribution < -0.4 is 5.73 Å². The van der Waals surface area contributed by atoms with Gasteiger partial charge in [-0.2, -0.15) is 8.78 Å². The van der Waals surface area contributed by atoms with Gasteiger partial charge in [0.15, 0.2) is 0 Å². The van der Waals surface area contributed by atoms with Gasteiger partial charge in [-0.1, -0.05) is 0 Å². The molecule has 1 aliphatic heterocycles. The number of carbonyl (C=O) groups excluding carboxylic acids is 1. The summed E-state index contributed by atoms with van der Waals surface area (Å²) in [4.78, 5) is 12.3. The number of amides is 1. The van der Waals surface area contributed by atoms with Crippen LogP contribution in [0.3, 0.4) is 0 Å². The predicted molar refractivity (Wildman–Crippen MR) is 44.3 cm³/mol. The molecule has 0 aromatic heterocycles. The first-order valence-electron chi connectivity index (χ1n) is 4.30. The topological polar surface area (TPSA) is 46.3 Å². The molecule has 5 heteroatoms.